The van der Waals surface area contributed by atoms with Crippen molar-refractivity contribution in [1.82, 2.24) is 45.5 Å². The molecule has 2 saturated heterocycles. The Morgan fingerprint density at radius 3 is 1.80 bits per heavy atom. The van der Waals surface area contributed by atoms with Crippen molar-refractivity contribution in [2.24, 2.45) is 0 Å². The van der Waals surface area contributed by atoms with Crippen molar-refractivity contribution < 1.29 is 68.8 Å². The van der Waals surface area contributed by atoms with Gasteiger partial charge in [-0.2, -0.15) is 0 Å². The van der Waals surface area contributed by atoms with Crippen LogP contribution in [0, 0.1) is 0 Å². The molecule has 2 aliphatic rings. The van der Waals surface area contributed by atoms with Crippen molar-refractivity contribution in [3.05, 3.63) is 23.9 Å². The summed E-state index contributed by atoms with van der Waals surface area (Å²) in [6.45, 7) is 0.120. The number of hydrazine groups is 1. The van der Waals surface area contributed by atoms with Gasteiger partial charge in [-0.05, 0) is 37.8 Å². The first kappa shape index (κ1) is 48.9. The zero-order chi connectivity index (χ0) is 44.2. The topological polar surface area (TPSA) is 335 Å². The Morgan fingerprint density at radius 1 is 0.733 bits per heavy atom. The van der Waals surface area contributed by atoms with Gasteiger partial charge in [0.1, 0.15) is 11.9 Å². The van der Waals surface area contributed by atoms with Crippen molar-refractivity contribution in [2.75, 3.05) is 97.1 Å². The lowest BCUT2D eigenvalue weighted by Gasteiger charge is -2.35. The molecule has 60 heavy (non-hydrogen) atoms. The predicted octanol–water partition coefficient (Wildman–Crippen LogP) is -4.14. The maximum atomic E-state index is 12.7. The molecule has 0 radical (unpaired) electrons. The number of likely N-dealkylation sites (tertiary alicyclic amines) is 1. The van der Waals surface area contributed by atoms with Crippen molar-refractivity contribution in [3.63, 3.8) is 0 Å². The molecule has 2 atom stereocenters. The van der Waals surface area contributed by atoms with Gasteiger partial charge in [-0.25, -0.2) is 4.98 Å². The number of aromatic nitrogens is 1. The Bertz CT molecular complexity index is 1610. The van der Waals surface area contributed by atoms with Crippen molar-refractivity contribution >= 4 is 60.4 Å². The van der Waals surface area contributed by atoms with E-state index in [0.717, 1.165) is 0 Å². The van der Waals surface area contributed by atoms with Gasteiger partial charge >= 0.3 is 31.0 Å². The average Bonchev–Trinajstić information content (AvgIpc) is 3.69. The van der Waals surface area contributed by atoms with Gasteiger partial charge in [-0.1, -0.05) is 0 Å². The summed E-state index contributed by atoms with van der Waals surface area (Å²) in [4.78, 5) is 109. The molecule has 0 aliphatic carbocycles. The number of carbonyl (C=O) groups is 8. The largest absolute Gasteiger partial charge is 0.480 e. The summed E-state index contributed by atoms with van der Waals surface area (Å²) in [6, 6.07) is 1.67. The number of nitrogens with zero attached hydrogens (tertiary/aromatic N) is 6. The Kier molecular flexibility index (Phi) is 20.6. The number of nitrogens with one attached hydrogen (secondary N) is 4. The molecule has 3 rings (SSSR count). The van der Waals surface area contributed by atoms with E-state index in [1.807, 2.05) is 0 Å². The van der Waals surface area contributed by atoms with Crippen LogP contribution < -0.4 is 21.5 Å². The third-order valence-electron chi connectivity index (χ3n) is 9.94. The molecular formula is C35H55BN10O14. The lowest BCUT2D eigenvalue weighted by Crippen LogP contribution is -2.52. The van der Waals surface area contributed by atoms with Crippen LogP contribution in [-0.4, -0.2) is 218 Å². The zero-order valence-corrected chi connectivity index (χ0v) is 33.2. The van der Waals surface area contributed by atoms with E-state index < -0.39 is 66.6 Å². The van der Waals surface area contributed by atoms with Gasteiger partial charge in [0.05, 0.1) is 37.7 Å². The smallest absolute Gasteiger partial charge is 0.475 e. The van der Waals surface area contributed by atoms with E-state index >= 15 is 0 Å². The first-order chi connectivity index (χ1) is 28.5. The SMILES string of the molecule is O=C(O)CN1CCN(CC(=O)O)CCN([C@H](CCC(=O)NCCCC(=O)NNc2ccc(C(=O)NCC(=O)N3CCC[C@H]3B(O)O)cn2)C(=O)O)CCN(CC(=O)O)CC1. The maximum Gasteiger partial charge on any atom is 0.475 e. The van der Waals surface area contributed by atoms with E-state index in [1.54, 1.807) is 19.6 Å². The Hall–Kier alpha value is -5.47. The van der Waals surface area contributed by atoms with E-state index in [4.69, 9.17) is 0 Å². The highest BCUT2D eigenvalue weighted by Gasteiger charge is 2.36. The molecule has 1 aromatic heterocycles. The van der Waals surface area contributed by atoms with Crippen LogP contribution in [-0.2, 0) is 33.6 Å². The van der Waals surface area contributed by atoms with Gasteiger partial charge in [0.25, 0.3) is 5.91 Å². The van der Waals surface area contributed by atoms with Crippen LogP contribution in [0.4, 0.5) is 5.82 Å². The normalized spacial score (nSPS) is 18.0. The first-order valence-corrected chi connectivity index (χ1v) is 19.5. The Labute approximate surface area is 346 Å². The molecule has 10 N–H and O–H groups in total. The highest BCUT2D eigenvalue weighted by molar-refractivity contribution is 6.43. The number of anilines is 1. The van der Waals surface area contributed by atoms with Crippen molar-refractivity contribution in [2.45, 2.75) is 50.5 Å². The van der Waals surface area contributed by atoms with Gasteiger partial charge in [0.2, 0.25) is 17.7 Å². The van der Waals surface area contributed by atoms with Crippen LogP contribution in [0.1, 0.15) is 48.9 Å². The maximum absolute atomic E-state index is 12.7. The Morgan fingerprint density at radius 2 is 1.30 bits per heavy atom. The van der Waals surface area contributed by atoms with Gasteiger partial charge in [-0.15, -0.1) is 0 Å². The summed E-state index contributed by atoms with van der Waals surface area (Å²) in [6.07, 6.45) is 2.22. The number of rotatable bonds is 21. The summed E-state index contributed by atoms with van der Waals surface area (Å²) in [5.74, 6) is -7.01. The molecule has 0 unspecified atom stereocenters. The number of carboxylic acid groups (broad SMARTS) is 4. The molecule has 1 aromatic rings. The number of amides is 4. The minimum atomic E-state index is -1.67. The molecule has 2 aliphatic heterocycles. The van der Waals surface area contributed by atoms with E-state index in [2.05, 4.69) is 26.5 Å². The molecule has 332 valence electrons. The molecule has 0 saturated carbocycles. The summed E-state index contributed by atoms with van der Waals surface area (Å²) in [5.41, 5.74) is 5.19. The lowest BCUT2D eigenvalue weighted by molar-refractivity contribution is -0.145. The minimum Gasteiger partial charge on any atom is -0.480 e. The van der Waals surface area contributed by atoms with E-state index in [0.29, 0.717) is 19.4 Å². The third kappa shape index (κ3) is 17.8. The summed E-state index contributed by atoms with van der Waals surface area (Å²) in [5, 5.41) is 62.4. The second-order valence-corrected chi connectivity index (χ2v) is 14.4. The molecular weight excluding hydrogens is 795 g/mol. The monoisotopic (exact) mass is 850 g/mol. The highest BCUT2D eigenvalue weighted by atomic mass is 16.4. The molecule has 4 amide bonds. The quantitative estimate of drug-likeness (QED) is 0.0319. The van der Waals surface area contributed by atoms with Crippen molar-refractivity contribution in [3.8, 4) is 0 Å². The van der Waals surface area contributed by atoms with Gasteiger partial charge in [0, 0.05) is 84.5 Å². The van der Waals surface area contributed by atoms with E-state index in [-0.39, 0.29) is 122 Å². The van der Waals surface area contributed by atoms with Crippen molar-refractivity contribution in [1.29, 1.82) is 0 Å². The molecule has 2 fully saturated rings. The number of pyridine rings is 1. The number of carbonyl (C=O) groups excluding carboxylic acids is 4. The highest BCUT2D eigenvalue weighted by Crippen LogP contribution is 2.18. The second-order valence-electron chi connectivity index (χ2n) is 14.4. The van der Waals surface area contributed by atoms with Crippen LogP contribution in [0.5, 0.6) is 0 Å². The molecule has 0 aromatic carbocycles. The summed E-state index contributed by atoms with van der Waals surface area (Å²) >= 11 is 0. The lowest BCUT2D eigenvalue weighted by atomic mass is 9.78. The fourth-order valence-corrected chi connectivity index (χ4v) is 6.78. The zero-order valence-electron chi connectivity index (χ0n) is 33.2. The standard InChI is InChI=1S/C35H55BN10O14/c47-28(37-9-1-4-29(48)41-40-27-7-5-24(19-38-27)34(56)39-20-30(49)46-10-2-3-26(46)36(59)60)8-6-25(35(57)58)45-17-15-43(22-32(52)53)13-11-42(21-31(50)51)12-14-44(16-18-45)23-33(54)55/h5,7,19,25-26,59-60H,1-4,6,8-18,20-23H2,(H,37,47)(H,38,40)(H,39,56)(H,41,48)(H,50,51)(H,52,53)(H,54,55)(H,57,58)/t25-,26+/m1/s1. The molecule has 25 heteroatoms. The molecule has 0 bridgehead atoms. The first-order valence-electron chi connectivity index (χ1n) is 19.5. The average molecular weight is 851 g/mol. The Balaban J connectivity index is 1.44. The van der Waals surface area contributed by atoms with Crippen LogP contribution in [0.25, 0.3) is 0 Å². The van der Waals surface area contributed by atoms with Gasteiger partial charge < -0.3 is 46.0 Å². The van der Waals surface area contributed by atoms with Crippen LogP contribution >= 0.6 is 0 Å². The number of carboxylic acids is 4. The predicted molar refractivity (Wildman–Crippen MR) is 210 cm³/mol. The minimum absolute atomic E-state index is 0.00767. The van der Waals surface area contributed by atoms with E-state index in [1.165, 1.54) is 23.2 Å². The number of hydrogen-bond donors (Lipinski definition) is 10. The second kappa shape index (κ2) is 25.2. The van der Waals surface area contributed by atoms with Crippen LogP contribution in [0.3, 0.4) is 0 Å². The summed E-state index contributed by atoms with van der Waals surface area (Å²) < 4.78 is 0. The fourth-order valence-electron chi connectivity index (χ4n) is 6.78. The van der Waals surface area contributed by atoms with Crippen LogP contribution in [0.2, 0.25) is 0 Å². The molecule has 3 heterocycles. The number of hydrogen-bond acceptors (Lipinski definition) is 16. The number of aliphatic carboxylic acids is 4. The van der Waals surface area contributed by atoms with Crippen LogP contribution in [0.15, 0.2) is 18.3 Å². The fraction of sp³-hybridized carbons (Fsp3) is 0.629. The summed E-state index contributed by atoms with van der Waals surface area (Å²) in [7, 11) is -1.67. The van der Waals surface area contributed by atoms with Gasteiger partial charge in [-0.3, -0.25) is 68.8 Å². The molecule has 24 nitrogen and oxygen atoms in total. The van der Waals surface area contributed by atoms with Gasteiger partial charge in [0.15, 0.2) is 0 Å². The van der Waals surface area contributed by atoms with E-state index in [9.17, 15) is 68.8 Å². The molecule has 0 spiro atoms. The third-order valence-corrected chi connectivity index (χ3v) is 9.94.